The molecule has 0 spiro atoms. The van der Waals surface area contributed by atoms with Crippen molar-refractivity contribution in [1.82, 2.24) is 10.6 Å². The van der Waals surface area contributed by atoms with Crippen LogP contribution < -0.4 is 10.6 Å². The minimum Gasteiger partial charge on any atom is -0.483 e. The first-order valence-corrected chi connectivity index (χ1v) is 5.98. The number of carboxylic acid groups (broad SMARTS) is 1. The summed E-state index contributed by atoms with van der Waals surface area (Å²) >= 11 is 0. The van der Waals surface area contributed by atoms with Crippen molar-refractivity contribution in [3.63, 3.8) is 0 Å². The Morgan fingerprint density at radius 1 is 1.47 bits per heavy atom. The van der Waals surface area contributed by atoms with Crippen molar-refractivity contribution in [1.29, 1.82) is 0 Å². The summed E-state index contributed by atoms with van der Waals surface area (Å²) in [6.45, 7) is 0.809. The first-order valence-electron chi connectivity index (χ1n) is 5.98. The van der Waals surface area contributed by atoms with E-state index in [1.54, 1.807) is 0 Å². The zero-order valence-electron chi connectivity index (χ0n) is 10.3. The molecule has 1 aliphatic rings. The summed E-state index contributed by atoms with van der Waals surface area (Å²) < 4.78 is 0. The fraction of sp³-hybridized carbons (Fsp3) is 0.900. The van der Waals surface area contributed by atoms with Gasteiger partial charge in [0.25, 0.3) is 6.47 Å². The van der Waals surface area contributed by atoms with Crippen LogP contribution >= 0.6 is 0 Å². The zero-order valence-corrected chi connectivity index (χ0v) is 10.3. The lowest BCUT2D eigenvalue weighted by Crippen LogP contribution is -2.26. The van der Waals surface area contributed by atoms with Gasteiger partial charge in [-0.2, -0.15) is 0 Å². The minimum absolute atomic E-state index is 0.250. The summed E-state index contributed by atoms with van der Waals surface area (Å²) in [6.07, 6.45) is 4.82. The van der Waals surface area contributed by atoms with Crippen LogP contribution in [0, 0.1) is 0 Å². The van der Waals surface area contributed by atoms with Crippen LogP contribution in [0.4, 0.5) is 0 Å². The highest BCUT2D eigenvalue weighted by molar-refractivity contribution is 6.40. The lowest BCUT2D eigenvalue weighted by Gasteiger charge is -2.09. The number of carbonyl (C=O) groups is 1. The van der Waals surface area contributed by atoms with Gasteiger partial charge in [0.1, 0.15) is 0 Å². The normalized spacial score (nSPS) is 22.8. The Balaban J connectivity index is 0.000000770. The second-order valence-electron chi connectivity index (χ2n) is 4.20. The van der Waals surface area contributed by atoms with Crippen LogP contribution in [-0.2, 0) is 4.79 Å². The summed E-state index contributed by atoms with van der Waals surface area (Å²) in [4.78, 5) is 8.36. The fourth-order valence-corrected chi connectivity index (χ4v) is 1.98. The minimum atomic E-state index is -1.13. The number of rotatable bonds is 6. The van der Waals surface area contributed by atoms with Gasteiger partial charge < -0.3 is 25.8 Å². The van der Waals surface area contributed by atoms with E-state index < -0.39 is 7.12 Å². The largest absolute Gasteiger partial charge is 0.483 e. The molecule has 0 aromatic heterocycles. The van der Waals surface area contributed by atoms with Crippen molar-refractivity contribution in [3.05, 3.63) is 0 Å². The van der Waals surface area contributed by atoms with E-state index in [0.29, 0.717) is 18.4 Å². The summed E-state index contributed by atoms with van der Waals surface area (Å²) in [6, 6.07) is 1.23. The zero-order chi connectivity index (χ0) is 13.1. The molecule has 0 bridgehead atoms. The predicted molar refractivity (Wildman–Crippen MR) is 66.8 cm³/mol. The lowest BCUT2D eigenvalue weighted by molar-refractivity contribution is -0.122. The van der Waals surface area contributed by atoms with E-state index in [9.17, 15) is 0 Å². The Labute approximate surface area is 103 Å². The molecule has 1 fully saturated rings. The first kappa shape index (κ1) is 16.4. The van der Waals surface area contributed by atoms with Crippen molar-refractivity contribution in [2.45, 2.75) is 44.1 Å². The standard InChI is InChI=1S/C9H21BN2O2.CH2O2/c1-11-9-6-8(12-7-9)4-2-3-5-10(13)14;2-1-3/h8-9,11-14H,2-7H2,1H3;1H,(H,2,3). The van der Waals surface area contributed by atoms with Gasteiger partial charge in [0.05, 0.1) is 0 Å². The van der Waals surface area contributed by atoms with Gasteiger partial charge in [-0.3, -0.25) is 4.79 Å². The summed E-state index contributed by atoms with van der Waals surface area (Å²) in [5, 5.41) is 30.9. The smallest absolute Gasteiger partial charge is 0.451 e. The molecule has 0 radical (unpaired) electrons. The van der Waals surface area contributed by atoms with Gasteiger partial charge in [-0.25, -0.2) is 0 Å². The summed E-state index contributed by atoms with van der Waals surface area (Å²) in [5.74, 6) is 0. The van der Waals surface area contributed by atoms with Crippen LogP contribution in [0.15, 0.2) is 0 Å². The molecule has 17 heavy (non-hydrogen) atoms. The Kier molecular flexibility index (Phi) is 10.1. The van der Waals surface area contributed by atoms with Crippen LogP contribution in [0.25, 0.3) is 0 Å². The summed E-state index contributed by atoms with van der Waals surface area (Å²) in [7, 11) is 0.869. The van der Waals surface area contributed by atoms with Gasteiger partial charge in [0.2, 0.25) is 0 Å². The topological polar surface area (TPSA) is 102 Å². The molecule has 7 heteroatoms. The van der Waals surface area contributed by atoms with E-state index in [4.69, 9.17) is 19.9 Å². The van der Waals surface area contributed by atoms with Crippen LogP contribution in [0.3, 0.4) is 0 Å². The molecular weight excluding hydrogens is 223 g/mol. The van der Waals surface area contributed by atoms with Crippen LogP contribution in [-0.4, -0.2) is 54.4 Å². The maximum atomic E-state index is 8.65. The second-order valence-corrected chi connectivity index (χ2v) is 4.20. The van der Waals surface area contributed by atoms with E-state index in [2.05, 4.69) is 10.6 Å². The van der Waals surface area contributed by atoms with Gasteiger partial charge in [0.15, 0.2) is 0 Å². The molecule has 0 aliphatic carbocycles. The Hall–Kier alpha value is -0.625. The number of hydrogen-bond donors (Lipinski definition) is 5. The monoisotopic (exact) mass is 246 g/mol. The molecule has 1 saturated heterocycles. The van der Waals surface area contributed by atoms with Crippen molar-refractivity contribution < 1.29 is 19.9 Å². The molecule has 2 atom stereocenters. The Morgan fingerprint density at radius 3 is 2.59 bits per heavy atom. The molecule has 100 valence electrons. The van der Waals surface area contributed by atoms with Crippen molar-refractivity contribution in [3.8, 4) is 0 Å². The molecule has 2 unspecified atom stereocenters. The SMILES string of the molecule is CNC1CNC(CCCCB(O)O)C1.O=CO. The van der Waals surface area contributed by atoms with Crippen LogP contribution in [0.1, 0.15) is 25.7 Å². The van der Waals surface area contributed by atoms with E-state index in [0.717, 1.165) is 25.8 Å². The fourth-order valence-electron chi connectivity index (χ4n) is 1.98. The molecule has 1 aliphatic heterocycles. The maximum absolute atomic E-state index is 8.65. The predicted octanol–water partition coefficient (Wildman–Crippen LogP) is -0.720. The molecule has 1 rings (SSSR count). The van der Waals surface area contributed by atoms with E-state index >= 15 is 0 Å². The van der Waals surface area contributed by atoms with Crippen molar-refractivity contribution in [2.24, 2.45) is 0 Å². The summed E-state index contributed by atoms with van der Waals surface area (Å²) in [5.41, 5.74) is 0. The van der Waals surface area contributed by atoms with Gasteiger partial charge in [-0.05, 0) is 26.2 Å². The average Bonchev–Trinajstić information content (AvgIpc) is 2.73. The highest BCUT2D eigenvalue weighted by Crippen LogP contribution is 2.13. The lowest BCUT2D eigenvalue weighted by atomic mass is 9.83. The molecule has 0 saturated carbocycles. The van der Waals surface area contributed by atoms with Gasteiger partial charge in [-0.15, -0.1) is 0 Å². The third kappa shape index (κ3) is 9.11. The maximum Gasteiger partial charge on any atom is 0.451 e. The Morgan fingerprint density at radius 2 is 2.12 bits per heavy atom. The van der Waals surface area contributed by atoms with Crippen molar-refractivity contribution >= 4 is 13.6 Å². The number of likely N-dealkylation sites (N-methyl/N-ethyl adjacent to an activating group) is 1. The number of nitrogens with one attached hydrogen (secondary N) is 2. The van der Waals surface area contributed by atoms with Crippen molar-refractivity contribution in [2.75, 3.05) is 13.6 Å². The molecule has 5 N–H and O–H groups in total. The second kappa shape index (κ2) is 10.5. The van der Waals surface area contributed by atoms with Gasteiger partial charge >= 0.3 is 7.12 Å². The van der Waals surface area contributed by atoms with Gasteiger partial charge in [0, 0.05) is 18.6 Å². The average molecular weight is 246 g/mol. The number of unbranched alkanes of at least 4 members (excludes halogenated alkanes) is 1. The third-order valence-corrected chi connectivity index (χ3v) is 2.90. The highest BCUT2D eigenvalue weighted by atomic mass is 16.4. The van der Waals surface area contributed by atoms with Gasteiger partial charge in [-0.1, -0.05) is 12.8 Å². The van der Waals surface area contributed by atoms with Crippen LogP contribution in [0.5, 0.6) is 0 Å². The Bertz CT molecular complexity index is 195. The molecule has 0 aromatic carbocycles. The molecular formula is C10H23BN2O4. The third-order valence-electron chi connectivity index (χ3n) is 2.90. The highest BCUT2D eigenvalue weighted by Gasteiger charge is 2.21. The first-order chi connectivity index (χ1) is 8.13. The molecule has 0 amide bonds. The molecule has 1 heterocycles. The van der Waals surface area contributed by atoms with E-state index in [-0.39, 0.29) is 6.47 Å². The number of hydrogen-bond acceptors (Lipinski definition) is 5. The van der Waals surface area contributed by atoms with E-state index in [1.807, 2.05) is 7.05 Å². The van der Waals surface area contributed by atoms with Crippen LogP contribution in [0.2, 0.25) is 6.32 Å². The quantitative estimate of drug-likeness (QED) is 0.241. The molecule has 6 nitrogen and oxygen atoms in total. The van der Waals surface area contributed by atoms with E-state index in [1.165, 1.54) is 6.42 Å². The molecule has 0 aromatic rings.